The van der Waals surface area contributed by atoms with Gasteiger partial charge in [-0.3, -0.25) is 0 Å². The molecule has 0 amide bonds. The van der Waals surface area contributed by atoms with Gasteiger partial charge in [0.2, 0.25) is 23.3 Å². The molecule has 7 heteroatoms. The van der Waals surface area contributed by atoms with E-state index >= 15 is 0 Å². The zero-order chi connectivity index (χ0) is 16.1. The van der Waals surface area contributed by atoms with Crippen molar-refractivity contribution in [2.24, 2.45) is 0 Å². The molecule has 1 N–H and O–H groups in total. The van der Waals surface area contributed by atoms with Crippen LogP contribution in [0.2, 0.25) is 0 Å². The zero-order valence-electron chi connectivity index (χ0n) is 12.6. The number of aryl methyl sites for hydroxylation is 2. The van der Waals surface area contributed by atoms with Gasteiger partial charge in [-0.05, 0) is 6.42 Å². The van der Waals surface area contributed by atoms with Crippen LogP contribution in [-0.4, -0.2) is 21.7 Å². The smallest absolute Gasteiger partial charge is 0.232 e. The van der Waals surface area contributed by atoms with Gasteiger partial charge in [0.05, 0.1) is 0 Å². The minimum absolute atomic E-state index is 0.270. The summed E-state index contributed by atoms with van der Waals surface area (Å²) in [5.74, 6) is 2.04. The molecule has 0 aliphatic carbocycles. The number of anilines is 1. The molecular weight excluding hydrogens is 294 g/mol. The van der Waals surface area contributed by atoms with Crippen LogP contribution in [0.3, 0.4) is 0 Å². The predicted molar refractivity (Wildman–Crippen MR) is 82.5 cm³/mol. The molecule has 0 radical (unpaired) electrons. The summed E-state index contributed by atoms with van der Waals surface area (Å²) < 4.78 is 10.6. The lowest BCUT2D eigenvalue weighted by atomic mass is 10.2. The number of hydrogen-bond acceptors (Lipinski definition) is 7. The Labute approximate surface area is 133 Å². The van der Waals surface area contributed by atoms with Crippen LogP contribution in [0.25, 0.3) is 11.4 Å². The van der Waals surface area contributed by atoms with E-state index in [-0.39, 0.29) is 5.69 Å². The molecule has 7 nitrogen and oxygen atoms in total. The summed E-state index contributed by atoms with van der Waals surface area (Å²) in [5.41, 5.74) is 1.20. The molecule has 3 rings (SSSR count). The maximum atomic E-state index is 8.93. The molecule has 3 aromatic rings. The number of oxazole rings is 1. The first-order chi connectivity index (χ1) is 11.3. The summed E-state index contributed by atoms with van der Waals surface area (Å²) in [6, 6.07) is 11.7. The van der Waals surface area contributed by atoms with Crippen molar-refractivity contribution in [3.05, 3.63) is 47.8 Å². The largest absolute Gasteiger partial charge is 0.424 e. The predicted octanol–water partition coefficient (Wildman–Crippen LogP) is 2.95. The van der Waals surface area contributed by atoms with Crippen LogP contribution in [0.1, 0.15) is 23.9 Å². The van der Waals surface area contributed by atoms with Crippen molar-refractivity contribution in [3.8, 4) is 17.5 Å². The SMILES string of the molecule is Cc1nc(C#N)c(NCCCc2nc(-c3ccccc3)no2)o1. The Bertz CT molecular complexity index is 817. The van der Waals surface area contributed by atoms with Gasteiger partial charge in [-0.1, -0.05) is 35.5 Å². The highest BCUT2D eigenvalue weighted by molar-refractivity contribution is 5.53. The van der Waals surface area contributed by atoms with Crippen molar-refractivity contribution >= 4 is 5.88 Å². The Morgan fingerprint density at radius 1 is 1.22 bits per heavy atom. The van der Waals surface area contributed by atoms with E-state index in [4.69, 9.17) is 14.2 Å². The third-order valence-corrected chi connectivity index (χ3v) is 3.19. The topological polar surface area (TPSA) is 101 Å². The highest BCUT2D eigenvalue weighted by atomic mass is 16.5. The molecule has 0 aliphatic heterocycles. The van der Waals surface area contributed by atoms with E-state index in [0.717, 1.165) is 12.0 Å². The number of nitrogens with zero attached hydrogens (tertiary/aromatic N) is 4. The first kappa shape index (κ1) is 14.8. The molecule has 1 aromatic carbocycles. The lowest BCUT2D eigenvalue weighted by Gasteiger charge is -2.00. The third kappa shape index (κ3) is 3.55. The minimum atomic E-state index is 0.270. The van der Waals surface area contributed by atoms with Crippen molar-refractivity contribution in [2.45, 2.75) is 19.8 Å². The summed E-state index contributed by atoms with van der Waals surface area (Å²) in [6.45, 7) is 2.32. The quantitative estimate of drug-likeness (QED) is 0.698. The number of hydrogen-bond donors (Lipinski definition) is 1. The highest BCUT2D eigenvalue weighted by Gasteiger charge is 2.11. The van der Waals surface area contributed by atoms with Crippen molar-refractivity contribution in [1.29, 1.82) is 5.26 Å². The maximum Gasteiger partial charge on any atom is 0.232 e. The normalized spacial score (nSPS) is 10.4. The second-order valence-electron chi connectivity index (χ2n) is 4.93. The maximum absolute atomic E-state index is 8.93. The van der Waals surface area contributed by atoms with E-state index in [1.54, 1.807) is 6.92 Å². The summed E-state index contributed by atoms with van der Waals surface area (Å²) in [5, 5.41) is 16.0. The Hall–Kier alpha value is -3.14. The second-order valence-corrected chi connectivity index (χ2v) is 4.93. The van der Waals surface area contributed by atoms with Crippen LogP contribution in [0, 0.1) is 18.3 Å². The molecule has 0 unspecified atom stereocenters. The van der Waals surface area contributed by atoms with E-state index in [0.29, 0.717) is 36.5 Å². The molecule has 0 atom stereocenters. The van der Waals surface area contributed by atoms with Crippen LogP contribution in [0.15, 0.2) is 39.3 Å². The van der Waals surface area contributed by atoms with E-state index in [1.165, 1.54) is 0 Å². The molecule has 0 saturated carbocycles. The van der Waals surface area contributed by atoms with Gasteiger partial charge in [0.15, 0.2) is 5.89 Å². The Morgan fingerprint density at radius 3 is 2.83 bits per heavy atom. The minimum Gasteiger partial charge on any atom is -0.424 e. The van der Waals surface area contributed by atoms with Gasteiger partial charge in [-0.15, -0.1) is 0 Å². The summed E-state index contributed by atoms with van der Waals surface area (Å²) in [4.78, 5) is 8.34. The molecule has 0 spiro atoms. The Kier molecular flexibility index (Phi) is 4.34. The van der Waals surface area contributed by atoms with Gasteiger partial charge in [0.25, 0.3) is 0 Å². The fourth-order valence-electron chi connectivity index (χ4n) is 2.13. The fourth-order valence-corrected chi connectivity index (χ4v) is 2.13. The monoisotopic (exact) mass is 309 g/mol. The number of nitriles is 1. The Morgan fingerprint density at radius 2 is 2.04 bits per heavy atom. The van der Waals surface area contributed by atoms with E-state index in [1.807, 2.05) is 36.4 Å². The lowest BCUT2D eigenvalue weighted by molar-refractivity contribution is 0.377. The second kappa shape index (κ2) is 6.75. The number of aromatic nitrogens is 3. The average Bonchev–Trinajstić information content (AvgIpc) is 3.19. The molecular formula is C16H15N5O2. The van der Waals surface area contributed by atoms with Gasteiger partial charge < -0.3 is 14.3 Å². The van der Waals surface area contributed by atoms with Gasteiger partial charge in [0.1, 0.15) is 6.07 Å². The van der Waals surface area contributed by atoms with Crippen LogP contribution in [-0.2, 0) is 6.42 Å². The molecule has 116 valence electrons. The number of benzene rings is 1. The third-order valence-electron chi connectivity index (χ3n) is 3.19. The summed E-state index contributed by atoms with van der Waals surface area (Å²) >= 11 is 0. The number of nitrogens with one attached hydrogen (secondary N) is 1. The first-order valence-corrected chi connectivity index (χ1v) is 7.25. The van der Waals surface area contributed by atoms with Gasteiger partial charge in [0, 0.05) is 25.5 Å². The van der Waals surface area contributed by atoms with Crippen molar-refractivity contribution < 1.29 is 8.94 Å². The van der Waals surface area contributed by atoms with Crippen LogP contribution in [0.5, 0.6) is 0 Å². The van der Waals surface area contributed by atoms with Gasteiger partial charge in [-0.25, -0.2) is 4.98 Å². The van der Waals surface area contributed by atoms with Crippen LogP contribution in [0.4, 0.5) is 5.88 Å². The fraction of sp³-hybridized carbons (Fsp3) is 0.250. The molecule has 0 aliphatic rings. The zero-order valence-corrected chi connectivity index (χ0v) is 12.6. The molecule has 23 heavy (non-hydrogen) atoms. The van der Waals surface area contributed by atoms with E-state index in [2.05, 4.69) is 20.4 Å². The van der Waals surface area contributed by atoms with Gasteiger partial charge >= 0.3 is 0 Å². The van der Waals surface area contributed by atoms with Crippen LogP contribution >= 0.6 is 0 Å². The Balaban J connectivity index is 1.52. The van der Waals surface area contributed by atoms with Crippen molar-refractivity contribution in [2.75, 3.05) is 11.9 Å². The first-order valence-electron chi connectivity index (χ1n) is 7.25. The van der Waals surface area contributed by atoms with E-state index < -0.39 is 0 Å². The number of rotatable bonds is 6. The summed E-state index contributed by atoms with van der Waals surface area (Å²) in [7, 11) is 0. The highest BCUT2D eigenvalue weighted by Crippen LogP contribution is 2.17. The lowest BCUT2D eigenvalue weighted by Crippen LogP contribution is -2.03. The molecule has 0 saturated heterocycles. The average molecular weight is 309 g/mol. The van der Waals surface area contributed by atoms with Crippen molar-refractivity contribution in [3.63, 3.8) is 0 Å². The molecule has 2 heterocycles. The van der Waals surface area contributed by atoms with Crippen molar-refractivity contribution in [1.82, 2.24) is 15.1 Å². The van der Waals surface area contributed by atoms with Gasteiger partial charge in [-0.2, -0.15) is 10.2 Å². The molecule has 2 aromatic heterocycles. The molecule has 0 fully saturated rings. The summed E-state index contributed by atoms with van der Waals surface area (Å²) in [6.07, 6.45) is 1.41. The van der Waals surface area contributed by atoms with E-state index in [9.17, 15) is 0 Å². The standard InChI is InChI=1S/C16H15N5O2/c1-11-19-13(10-17)16(22-11)18-9-5-8-14-20-15(21-23-14)12-6-3-2-4-7-12/h2-4,6-7,18H,5,8-9H2,1H3. The van der Waals surface area contributed by atoms with Crippen LogP contribution < -0.4 is 5.32 Å². The molecule has 0 bridgehead atoms.